The lowest BCUT2D eigenvalue weighted by Crippen LogP contribution is -2.42. The van der Waals surface area contributed by atoms with Crippen molar-refractivity contribution in [2.24, 2.45) is 5.92 Å². The lowest BCUT2D eigenvalue weighted by molar-refractivity contribution is 0.130. The van der Waals surface area contributed by atoms with Crippen LogP contribution in [0.15, 0.2) is 0 Å². The van der Waals surface area contributed by atoms with Crippen molar-refractivity contribution in [2.75, 3.05) is 13.6 Å². The summed E-state index contributed by atoms with van der Waals surface area (Å²) in [7, 11) is 2.23. The first-order valence-electron chi connectivity index (χ1n) is 5.11. The van der Waals surface area contributed by atoms with Gasteiger partial charge in [-0.25, -0.2) is 0 Å². The van der Waals surface area contributed by atoms with E-state index in [1.165, 1.54) is 19.4 Å². The van der Waals surface area contributed by atoms with Gasteiger partial charge in [0.05, 0.1) is 0 Å². The Morgan fingerprint density at radius 2 is 1.75 bits per heavy atom. The standard InChI is InChI=1S/C11H25N/c1-7-8-12(6)11(4,5)9-10(2)3/h10H,7-9H2,1-6H3. The zero-order valence-electron chi connectivity index (χ0n) is 9.65. The van der Waals surface area contributed by atoms with Crippen LogP contribution in [0.2, 0.25) is 0 Å². The van der Waals surface area contributed by atoms with Gasteiger partial charge in [0.1, 0.15) is 0 Å². The molecule has 1 heteroatoms. The van der Waals surface area contributed by atoms with Crippen molar-refractivity contribution < 1.29 is 0 Å². The first-order chi connectivity index (χ1) is 5.40. The number of rotatable bonds is 5. The van der Waals surface area contributed by atoms with Crippen LogP contribution < -0.4 is 0 Å². The maximum Gasteiger partial charge on any atom is 0.0152 e. The van der Waals surface area contributed by atoms with Gasteiger partial charge >= 0.3 is 0 Å². The Hall–Kier alpha value is -0.0400. The lowest BCUT2D eigenvalue weighted by atomic mass is 9.91. The summed E-state index contributed by atoms with van der Waals surface area (Å²) < 4.78 is 0. The minimum atomic E-state index is 0.365. The van der Waals surface area contributed by atoms with Crippen LogP contribution in [0.1, 0.15) is 47.5 Å². The van der Waals surface area contributed by atoms with E-state index in [1.807, 2.05) is 0 Å². The van der Waals surface area contributed by atoms with Gasteiger partial charge in [-0.15, -0.1) is 0 Å². The van der Waals surface area contributed by atoms with Gasteiger partial charge in [-0.05, 0) is 46.2 Å². The summed E-state index contributed by atoms with van der Waals surface area (Å²) in [6.45, 7) is 12.7. The van der Waals surface area contributed by atoms with Crippen molar-refractivity contribution >= 4 is 0 Å². The fourth-order valence-electron chi connectivity index (χ4n) is 1.79. The van der Waals surface area contributed by atoms with Crippen LogP contribution in [0.25, 0.3) is 0 Å². The highest BCUT2D eigenvalue weighted by Gasteiger charge is 2.23. The van der Waals surface area contributed by atoms with Crippen molar-refractivity contribution in [3.8, 4) is 0 Å². The minimum Gasteiger partial charge on any atom is -0.301 e. The smallest absolute Gasteiger partial charge is 0.0152 e. The van der Waals surface area contributed by atoms with Crippen LogP contribution in [0, 0.1) is 5.92 Å². The average Bonchev–Trinajstić information content (AvgIpc) is 1.85. The first-order valence-corrected chi connectivity index (χ1v) is 5.11. The first kappa shape index (κ1) is 12.0. The van der Waals surface area contributed by atoms with E-state index in [2.05, 4.69) is 46.6 Å². The Kier molecular flexibility index (Phi) is 4.84. The fraction of sp³-hybridized carbons (Fsp3) is 1.00. The Bertz CT molecular complexity index is 116. The zero-order chi connectivity index (χ0) is 9.78. The van der Waals surface area contributed by atoms with Gasteiger partial charge in [-0.3, -0.25) is 0 Å². The van der Waals surface area contributed by atoms with E-state index in [4.69, 9.17) is 0 Å². The molecule has 0 bridgehead atoms. The number of hydrogen-bond acceptors (Lipinski definition) is 1. The third-order valence-electron chi connectivity index (χ3n) is 2.50. The number of hydrogen-bond donors (Lipinski definition) is 0. The molecule has 0 radical (unpaired) electrons. The fourth-order valence-corrected chi connectivity index (χ4v) is 1.79. The maximum absolute atomic E-state index is 2.47. The topological polar surface area (TPSA) is 3.24 Å². The van der Waals surface area contributed by atoms with Gasteiger partial charge in [0.15, 0.2) is 0 Å². The van der Waals surface area contributed by atoms with Gasteiger partial charge in [0.25, 0.3) is 0 Å². The van der Waals surface area contributed by atoms with E-state index in [-0.39, 0.29) is 0 Å². The Labute approximate surface area is 78.1 Å². The van der Waals surface area contributed by atoms with Crippen molar-refractivity contribution in [3.05, 3.63) is 0 Å². The van der Waals surface area contributed by atoms with E-state index in [0.717, 1.165) is 5.92 Å². The van der Waals surface area contributed by atoms with Crippen molar-refractivity contribution in [1.29, 1.82) is 0 Å². The van der Waals surface area contributed by atoms with Crippen LogP contribution in [0.5, 0.6) is 0 Å². The van der Waals surface area contributed by atoms with E-state index < -0.39 is 0 Å². The third-order valence-corrected chi connectivity index (χ3v) is 2.50. The van der Waals surface area contributed by atoms with Gasteiger partial charge in [0.2, 0.25) is 0 Å². The normalized spacial score (nSPS) is 13.0. The highest BCUT2D eigenvalue weighted by Crippen LogP contribution is 2.21. The second-order valence-corrected chi connectivity index (χ2v) is 4.83. The molecule has 74 valence electrons. The molecule has 0 atom stereocenters. The van der Waals surface area contributed by atoms with Crippen LogP contribution in [0.3, 0.4) is 0 Å². The summed E-state index contributed by atoms with van der Waals surface area (Å²) in [6, 6.07) is 0. The molecule has 0 heterocycles. The Morgan fingerprint density at radius 3 is 2.08 bits per heavy atom. The molecule has 0 spiro atoms. The summed E-state index contributed by atoms with van der Waals surface area (Å²) in [6.07, 6.45) is 2.53. The summed E-state index contributed by atoms with van der Waals surface area (Å²) in [5.41, 5.74) is 0.365. The lowest BCUT2D eigenvalue weighted by Gasteiger charge is -2.37. The van der Waals surface area contributed by atoms with E-state index in [9.17, 15) is 0 Å². The molecule has 0 aromatic rings. The minimum absolute atomic E-state index is 0.365. The molecule has 12 heavy (non-hydrogen) atoms. The van der Waals surface area contributed by atoms with Gasteiger partial charge in [-0.1, -0.05) is 20.8 Å². The quantitative estimate of drug-likeness (QED) is 0.614. The average molecular weight is 171 g/mol. The predicted octanol–water partition coefficient (Wildman–Crippen LogP) is 3.15. The maximum atomic E-state index is 2.47. The molecular formula is C11H25N. The molecule has 0 rings (SSSR count). The van der Waals surface area contributed by atoms with Crippen LogP contribution >= 0.6 is 0 Å². The summed E-state index contributed by atoms with van der Waals surface area (Å²) in [5, 5.41) is 0. The summed E-state index contributed by atoms with van der Waals surface area (Å²) in [4.78, 5) is 2.47. The molecule has 0 aromatic carbocycles. The second kappa shape index (κ2) is 4.86. The van der Waals surface area contributed by atoms with Crippen molar-refractivity contribution in [2.45, 2.75) is 53.0 Å². The van der Waals surface area contributed by atoms with Gasteiger partial charge in [-0.2, -0.15) is 0 Å². The van der Waals surface area contributed by atoms with Gasteiger partial charge in [0, 0.05) is 5.54 Å². The van der Waals surface area contributed by atoms with Crippen molar-refractivity contribution in [3.63, 3.8) is 0 Å². The van der Waals surface area contributed by atoms with E-state index in [0.29, 0.717) is 5.54 Å². The summed E-state index contributed by atoms with van der Waals surface area (Å²) >= 11 is 0. The molecule has 0 aliphatic carbocycles. The monoisotopic (exact) mass is 171 g/mol. The predicted molar refractivity (Wildman–Crippen MR) is 56.5 cm³/mol. The molecule has 0 saturated carbocycles. The Balaban J connectivity index is 3.99. The van der Waals surface area contributed by atoms with Crippen LogP contribution in [0.4, 0.5) is 0 Å². The molecule has 0 unspecified atom stereocenters. The molecule has 0 fully saturated rings. The molecule has 0 amide bonds. The molecule has 1 nitrogen and oxygen atoms in total. The molecular weight excluding hydrogens is 146 g/mol. The SMILES string of the molecule is CCCN(C)C(C)(C)CC(C)C. The molecule has 0 aromatic heterocycles. The molecule has 0 saturated heterocycles. The number of nitrogens with zero attached hydrogens (tertiary/aromatic N) is 1. The second-order valence-electron chi connectivity index (χ2n) is 4.83. The van der Waals surface area contributed by atoms with E-state index in [1.54, 1.807) is 0 Å². The summed E-state index contributed by atoms with van der Waals surface area (Å²) in [5.74, 6) is 0.791. The van der Waals surface area contributed by atoms with E-state index >= 15 is 0 Å². The highest BCUT2D eigenvalue weighted by atomic mass is 15.2. The van der Waals surface area contributed by atoms with Crippen LogP contribution in [-0.2, 0) is 0 Å². The Morgan fingerprint density at radius 1 is 1.25 bits per heavy atom. The molecule has 0 aliphatic rings. The third kappa shape index (κ3) is 4.10. The molecule has 0 aliphatic heterocycles. The van der Waals surface area contributed by atoms with Crippen LogP contribution in [-0.4, -0.2) is 24.0 Å². The van der Waals surface area contributed by atoms with Crippen molar-refractivity contribution in [1.82, 2.24) is 4.90 Å². The van der Waals surface area contributed by atoms with Gasteiger partial charge < -0.3 is 4.90 Å². The largest absolute Gasteiger partial charge is 0.301 e. The highest BCUT2D eigenvalue weighted by molar-refractivity contribution is 4.79. The molecule has 0 N–H and O–H groups in total. The zero-order valence-corrected chi connectivity index (χ0v) is 9.65.